The lowest BCUT2D eigenvalue weighted by molar-refractivity contribution is 0.174. The number of hydrogen-bond donors (Lipinski definition) is 1. The summed E-state index contributed by atoms with van der Waals surface area (Å²) in [5.41, 5.74) is 8.05. The topological polar surface area (TPSA) is 76.7 Å². The molecule has 0 saturated carbocycles. The number of benzene rings is 1. The Kier molecular flexibility index (Phi) is 3.86. The zero-order valence-corrected chi connectivity index (χ0v) is 13.7. The summed E-state index contributed by atoms with van der Waals surface area (Å²) < 4.78 is 10.8. The average molecular weight is 327 g/mol. The minimum Gasteiger partial charge on any atom is -0.454 e. The summed E-state index contributed by atoms with van der Waals surface area (Å²) in [6.45, 7) is 6.86. The highest BCUT2D eigenvalue weighted by Gasteiger charge is 2.20. The summed E-state index contributed by atoms with van der Waals surface area (Å²) in [4.78, 5) is 13.4. The van der Waals surface area contributed by atoms with Gasteiger partial charge in [0.05, 0.1) is 0 Å². The first kappa shape index (κ1) is 15.0. The smallest absolute Gasteiger partial charge is 0.231 e. The van der Waals surface area contributed by atoms with Crippen molar-refractivity contribution in [2.75, 3.05) is 43.6 Å². The van der Waals surface area contributed by atoms with Crippen molar-refractivity contribution in [1.82, 2.24) is 14.9 Å². The van der Waals surface area contributed by atoms with Crippen LogP contribution in [0.4, 0.5) is 11.8 Å². The summed E-state index contributed by atoms with van der Waals surface area (Å²) >= 11 is 0. The summed E-state index contributed by atoms with van der Waals surface area (Å²) in [5, 5.41) is 0. The van der Waals surface area contributed by atoms with E-state index in [1.165, 1.54) is 5.56 Å². The fourth-order valence-electron chi connectivity index (χ4n) is 3.00. The molecular weight excluding hydrogens is 306 g/mol. The van der Waals surface area contributed by atoms with E-state index in [-0.39, 0.29) is 0 Å². The molecule has 2 aliphatic rings. The molecule has 1 fully saturated rings. The third-order valence-corrected chi connectivity index (χ3v) is 4.50. The Morgan fingerprint density at radius 1 is 1.12 bits per heavy atom. The Hall–Kier alpha value is -2.54. The van der Waals surface area contributed by atoms with E-state index in [0.29, 0.717) is 12.6 Å². The zero-order chi connectivity index (χ0) is 16.5. The molecule has 4 rings (SSSR count). The fraction of sp³-hybridized carbons (Fsp3) is 0.412. The number of piperazine rings is 1. The highest BCUT2D eigenvalue weighted by atomic mass is 16.7. The number of nitrogens with zero attached hydrogens (tertiary/aromatic N) is 4. The summed E-state index contributed by atoms with van der Waals surface area (Å²) in [5.74, 6) is 2.95. The van der Waals surface area contributed by atoms with E-state index in [9.17, 15) is 0 Å². The number of nitrogen functional groups attached to an aromatic ring is 1. The van der Waals surface area contributed by atoms with Crippen molar-refractivity contribution >= 4 is 11.8 Å². The van der Waals surface area contributed by atoms with Crippen LogP contribution in [0, 0.1) is 6.92 Å². The molecule has 2 aromatic rings. The van der Waals surface area contributed by atoms with Crippen molar-refractivity contribution in [3.05, 3.63) is 35.5 Å². The number of aromatic nitrogens is 2. The molecule has 1 aromatic heterocycles. The van der Waals surface area contributed by atoms with Crippen LogP contribution < -0.4 is 20.1 Å². The molecule has 0 unspecified atom stereocenters. The molecular formula is C17H21N5O2. The lowest BCUT2D eigenvalue weighted by Gasteiger charge is -2.34. The normalized spacial score (nSPS) is 17.3. The molecule has 2 aliphatic heterocycles. The van der Waals surface area contributed by atoms with Gasteiger partial charge < -0.3 is 20.1 Å². The standard InChI is InChI=1S/C17H21N5O2/c1-12-9-19-17(20-16(12)18)22-6-4-21(5-7-22)10-13-2-3-14-15(8-13)24-11-23-14/h2-3,8-9H,4-7,10-11H2,1H3,(H2,18,19,20). The van der Waals surface area contributed by atoms with Gasteiger partial charge in [0.1, 0.15) is 5.82 Å². The van der Waals surface area contributed by atoms with Gasteiger partial charge in [0.2, 0.25) is 12.7 Å². The number of rotatable bonds is 3. The van der Waals surface area contributed by atoms with E-state index in [1.807, 2.05) is 13.0 Å². The van der Waals surface area contributed by atoms with E-state index in [2.05, 4.69) is 31.9 Å². The van der Waals surface area contributed by atoms with Crippen LogP contribution in [0.5, 0.6) is 11.5 Å². The highest BCUT2D eigenvalue weighted by molar-refractivity contribution is 5.45. The van der Waals surface area contributed by atoms with Crippen molar-refractivity contribution in [2.24, 2.45) is 0 Å². The molecule has 2 N–H and O–H groups in total. The molecule has 0 bridgehead atoms. The Morgan fingerprint density at radius 3 is 2.71 bits per heavy atom. The molecule has 126 valence electrons. The Balaban J connectivity index is 1.36. The first-order valence-corrected chi connectivity index (χ1v) is 8.14. The Bertz CT molecular complexity index is 744. The van der Waals surface area contributed by atoms with Crippen molar-refractivity contribution in [3.63, 3.8) is 0 Å². The van der Waals surface area contributed by atoms with E-state index < -0.39 is 0 Å². The SMILES string of the molecule is Cc1cnc(N2CCN(Cc3ccc4c(c3)OCO4)CC2)nc1N. The lowest BCUT2D eigenvalue weighted by atomic mass is 10.1. The quantitative estimate of drug-likeness (QED) is 0.913. The fourth-order valence-corrected chi connectivity index (χ4v) is 3.00. The molecule has 1 aromatic carbocycles. The zero-order valence-electron chi connectivity index (χ0n) is 13.7. The van der Waals surface area contributed by atoms with Crippen molar-refractivity contribution in [2.45, 2.75) is 13.5 Å². The van der Waals surface area contributed by atoms with Crippen LogP contribution in [0.25, 0.3) is 0 Å². The van der Waals surface area contributed by atoms with Crippen LogP contribution in [0.3, 0.4) is 0 Å². The first-order chi connectivity index (χ1) is 11.7. The average Bonchev–Trinajstić information content (AvgIpc) is 3.06. The van der Waals surface area contributed by atoms with Crippen LogP contribution in [0.1, 0.15) is 11.1 Å². The van der Waals surface area contributed by atoms with Gasteiger partial charge in [0.15, 0.2) is 11.5 Å². The van der Waals surface area contributed by atoms with Gasteiger partial charge in [-0.3, -0.25) is 4.90 Å². The molecule has 0 aliphatic carbocycles. The molecule has 7 nitrogen and oxygen atoms in total. The lowest BCUT2D eigenvalue weighted by Crippen LogP contribution is -2.46. The second kappa shape index (κ2) is 6.16. The van der Waals surface area contributed by atoms with E-state index >= 15 is 0 Å². The summed E-state index contributed by atoms with van der Waals surface area (Å²) in [6.07, 6.45) is 1.79. The molecule has 0 atom stereocenters. The second-order valence-corrected chi connectivity index (χ2v) is 6.19. The van der Waals surface area contributed by atoms with Gasteiger partial charge in [-0.1, -0.05) is 6.07 Å². The second-order valence-electron chi connectivity index (χ2n) is 6.19. The van der Waals surface area contributed by atoms with Gasteiger partial charge >= 0.3 is 0 Å². The van der Waals surface area contributed by atoms with Gasteiger partial charge in [-0.15, -0.1) is 0 Å². The Morgan fingerprint density at radius 2 is 1.92 bits per heavy atom. The minimum absolute atomic E-state index is 0.317. The third kappa shape index (κ3) is 2.94. The van der Waals surface area contributed by atoms with E-state index in [0.717, 1.165) is 55.7 Å². The molecule has 0 radical (unpaired) electrons. The van der Waals surface area contributed by atoms with Gasteiger partial charge in [-0.25, -0.2) is 4.98 Å². The molecule has 0 amide bonds. The van der Waals surface area contributed by atoms with Gasteiger partial charge in [0, 0.05) is 44.5 Å². The van der Waals surface area contributed by atoms with Gasteiger partial charge in [-0.05, 0) is 24.6 Å². The van der Waals surface area contributed by atoms with Crippen LogP contribution in [0.15, 0.2) is 24.4 Å². The number of anilines is 2. The van der Waals surface area contributed by atoms with Crippen molar-refractivity contribution in [1.29, 1.82) is 0 Å². The molecule has 24 heavy (non-hydrogen) atoms. The minimum atomic E-state index is 0.317. The maximum atomic E-state index is 5.89. The van der Waals surface area contributed by atoms with Crippen molar-refractivity contribution < 1.29 is 9.47 Å². The maximum absolute atomic E-state index is 5.89. The van der Waals surface area contributed by atoms with E-state index in [4.69, 9.17) is 15.2 Å². The van der Waals surface area contributed by atoms with Crippen LogP contribution in [-0.4, -0.2) is 47.8 Å². The number of hydrogen-bond acceptors (Lipinski definition) is 7. The predicted molar refractivity (Wildman–Crippen MR) is 91.2 cm³/mol. The van der Waals surface area contributed by atoms with Crippen LogP contribution >= 0.6 is 0 Å². The highest BCUT2D eigenvalue weighted by Crippen LogP contribution is 2.32. The number of aryl methyl sites for hydroxylation is 1. The number of fused-ring (bicyclic) bond motifs is 1. The number of nitrogens with two attached hydrogens (primary N) is 1. The van der Waals surface area contributed by atoms with E-state index in [1.54, 1.807) is 6.20 Å². The third-order valence-electron chi connectivity index (χ3n) is 4.50. The summed E-state index contributed by atoms with van der Waals surface area (Å²) in [6, 6.07) is 6.15. The maximum Gasteiger partial charge on any atom is 0.231 e. The molecule has 0 spiro atoms. The molecule has 7 heteroatoms. The largest absolute Gasteiger partial charge is 0.454 e. The molecule has 1 saturated heterocycles. The van der Waals surface area contributed by atoms with Crippen LogP contribution in [-0.2, 0) is 6.54 Å². The monoisotopic (exact) mass is 327 g/mol. The summed E-state index contributed by atoms with van der Waals surface area (Å²) in [7, 11) is 0. The predicted octanol–water partition coefficient (Wildman–Crippen LogP) is 1.42. The first-order valence-electron chi connectivity index (χ1n) is 8.14. The van der Waals surface area contributed by atoms with Crippen LogP contribution in [0.2, 0.25) is 0 Å². The van der Waals surface area contributed by atoms with Gasteiger partial charge in [-0.2, -0.15) is 4.98 Å². The molecule has 3 heterocycles. The Labute approximate surface area is 141 Å². The van der Waals surface area contributed by atoms with Gasteiger partial charge in [0.25, 0.3) is 0 Å². The number of ether oxygens (including phenoxy) is 2. The van der Waals surface area contributed by atoms with Crippen molar-refractivity contribution in [3.8, 4) is 11.5 Å².